The second-order valence-electron chi connectivity index (χ2n) is 5.53. The Balaban J connectivity index is 4.13. The zero-order chi connectivity index (χ0) is 16.0. The van der Waals surface area contributed by atoms with Crippen LogP contribution >= 0.6 is 0 Å². The first kappa shape index (κ1) is 20.4. The van der Waals surface area contributed by atoms with Crippen molar-refractivity contribution in [2.75, 3.05) is 12.9 Å². The molecule has 0 aromatic rings. The highest BCUT2D eigenvalue weighted by Crippen LogP contribution is 2.16. The van der Waals surface area contributed by atoms with Crippen LogP contribution in [0.15, 0.2) is 24.3 Å². The van der Waals surface area contributed by atoms with Gasteiger partial charge in [-0.25, -0.2) is 0 Å². The van der Waals surface area contributed by atoms with E-state index in [1.165, 1.54) is 12.8 Å². The minimum Gasteiger partial charge on any atom is -0.270 e. The molecule has 0 heterocycles. The van der Waals surface area contributed by atoms with Gasteiger partial charge in [-0.1, -0.05) is 51.0 Å². The average molecular weight is 317 g/mol. The number of rotatable bonds is 13. The third kappa shape index (κ3) is 15.6. The Bertz CT molecular complexity index is 363. The molecule has 0 atom stereocenters. The van der Waals surface area contributed by atoms with Gasteiger partial charge in [0.05, 0.1) is 12.9 Å². The Morgan fingerprint density at radius 1 is 0.857 bits per heavy atom. The molecule has 0 aromatic heterocycles. The van der Waals surface area contributed by atoms with E-state index in [1.807, 2.05) is 0 Å². The Hall–Kier alpha value is -0.610. The van der Waals surface area contributed by atoms with Gasteiger partial charge < -0.3 is 0 Å². The van der Waals surface area contributed by atoms with Crippen LogP contribution in [0.2, 0.25) is 0 Å². The first-order valence-electron chi connectivity index (χ1n) is 8.14. The number of hydrogen-bond acceptors (Lipinski definition) is 3. The molecule has 0 aliphatic rings. The minimum absolute atomic E-state index is 0.303. The van der Waals surface area contributed by atoms with E-state index < -0.39 is 10.1 Å². The monoisotopic (exact) mass is 316 g/mol. The lowest BCUT2D eigenvalue weighted by Crippen LogP contribution is -2.13. The van der Waals surface area contributed by atoms with Crippen molar-refractivity contribution in [1.82, 2.24) is 0 Å². The van der Waals surface area contributed by atoms with E-state index >= 15 is 0 Å². The number of unbranched alkanes of at least 4 members (excludes halogenated alkanes) is 2. The molecule has 0 spiro atoms. The molecule has 0 aromatic carbocycles. The van der Waals surface area contributed by atoms with Gasteiger partial charge in [0.1, 0.15) is 0 Å². The summed E-state index contributed by atoms with van der Waals surface area (Å²) < 4.78 is 27.2. The standard InChI is InChI=1S/C17H32O3S/c1-4-6-8-10-12-14-17(16-20-21(3,18)19)15-13-11-9-7-5-2/h8-11,17H,4-7,12-16H2,1-3H3. The fourth-order valence-corrected chi connectivity index (χ4v) is 2.44. The largest absolute Gasteiger partial charge is 0.270 e. The van der Waals surface area contributed by atoms with Crippen molar-refractivity contribution < 1.29 is 12.6 Å². The molecule has 0 bridgehead atoms. The van der Waals surface area contributed by atoms with Crippen molar-refractivity contribution in [2.45, 2.75) is 65.2 Å². The smallest absolute Gasteiger partial charge is 0.264 e. The van der Waals surface area contributed by atoms with E-state index in [0.29, 0.717) is 12.5 Å². The molecule has 0 radical (unpaired) electrons. The fourth-order valence-electron chi connectivity index (χ4n) is 2.00. The van der Waals surface area contributed by atoms with Crippen molar-refractivity contribution in [3.05, 3.63) is 24.3 Å². The molecule has 0 saturated carbocycles. The van der Waals surface area contributed by atoms with Gasteiger partial charge in [0.15, 0.2) is 0 Å². The highest BCUT2D eigenvalue weighted by atomic mass is 32.2. The van der Waals surface area contributed by atoms with Crippen LogP contribution in [-0.2, 0) is 14.3 Å². The second-order valence-corrected chi connectivity index (χ2v) is 7.17. The fraction of sp³-hybridized carbons (Fsp3) is 0.765. The van der Waals surface area contributed by atoms with Crippen LogP contribution in [0.4, 0.5) is 0 Å². The summed E-state index contributed by atoms with van der Waals surface area (Å²) in [6.07, 6.45) is 18.4. The molecule has 3 nitrogen and oxygen atoms in total. The van der Waals surface area contributed by atoms with Crippen molar-refractivity contribution in [3.63, 3.8) is 0 Å². The molecule has 0 unspecified atom stereocenters. The van der Waals surface area contributed by atoms with Crippen molar-refractivity contribution in [2.24, 2.45) is 5.92 Å². The maximum Gasteiger partial charge on any atom is 0.264 e. The van der Waals surface area contributed by atoms with Gasteiger partial charge in [-0.15, -0.1) is 0 Å². The summed E-state index contributed by atoms with van der Waals surface area (Å²) in [4.78, 5) is 0. The minimum atomic E-state index is -3.33. The van der Waals surface area contributed by atoms with Crippen LogP contribution in [0.25, 0.3) is 0 Å². The van der Waals surface area contributed by atoms with Crippen LogP contribution in [0, 0.1) is 5.92 Å². The van der Waals surface area contributed by atoms with Gasteiger partial charge in [-0.3, -0.25) is 4.18 Å². The Kier molecular flexibility index (Phi) is 12.7. The summed E-state index contributed by atoms with van der Waals surface area (Å²) in [6.45, 7) is 4.63. The maximum atomic E-state index is 11.1. The first-order valence-corrected chi connectivity index (χ1v) is 9.95. The van der Waals surface area contributed by atoms with E-state index in [0.717, 1.165) is 44.8 Å². The normalized spacial score (nSPS) is 14.2. The van der Waals surface area contributed by atoms with E-state index in [4.69, 9.17) is 4.18 Å². The van der Waals surface area contributed by atoms with Crippen LogP contribution in [0.5, 0.6) is 0 Å². The van der Waals surface area contributed by atoms with Crippen LogP contribution in [0.1, 0.15) is 65.2 Å². The molecule has 0 rings (SSSR count). The Morgan fingerprint density at radius 3 is 1.67 bits per heavy atom. The molecule has 124 valence electrons. The van der Waals surface area contributed by atoms with Gasteiger partial charge in [0.25, 0.3) is 10.1 Å². The van der Waals surface area contributed by atoms with E-state index in [2.05, 4.69) is 38.2 Å². The summed E-state index contributed by atoms with van der Waals surface area (Å²) in [6, 6.07) is 0. The lowest BCUT2D eigenvalue weighted by molar-refractivity contribution is 0.240. The first-order chi connectivity index (χ1) is 9.99. The highest BCUT2D eigenvalue weighted by molar-refractivity contribution is 7.85. The summed E-state index contributed by atoms with van der Waals surface area (Å²) in [5, 5.41) is 0. The van der Waals surface area contributed by atoms with E-state index in [1.54, 1.807) is 0 Å². The number of hydrogen-bond donors (Lipinski definition) is 0. The summed E-state index contributed by atoms with van der Waals surface area (Å²) in [5.41, 5.74) is 0. The highest BCUT2D eigenvalue weighted by Gasteiger charge is 2.11. The van der Waals surface area contributed by atoms with Crippen LogP contribution in [0.3, 0.4) is 0 Å². The topological polar surface area (TPSA) is 43.4 Å². The van der Waals surface area contributed by atoms with Crippen LogP contribution in [-0.4, -0.2) is 21.3 Å². The van der Waals surface area contributed by atoms with E-state index in [-0.39, 0.29) is 0 Å². The van der Waals surface area contributed by atoms with Crippen molar-refractivity contribution in [1.29, 1.82) is 0 Å². The summed E-state index contributed by atoms with van der Waals surface area (Å²) >= 11 is 0. The molecule has 0 aliphatic heterocycles. The third-order valence-electron chi connectivity index (χ3n) is 3.25. The lowest BCUT2D eigenvalue weighted by atomic mass is 9.98. The Labute approximate surface area is 131 Å². The zero-order valence-electron chi connectivity index (χ0n) is 13.9. The SMILES string of the molecule is CCCC=CCCC(CCC=CCCC)COS(C)(=O)=O. The zero-order valence-corrected chi connectivity index (χ0v) is 14.7. The van der Waals surface area contributed by atoms with Gasteiger partial charge in [0.2, 0.25) is 0 Å². The molecule has 0 saturated heterocycles. The average Bonchev–Trinajstić information content (AvgIpc) is 2.42. The maximum absolute atomic E-state index is 11.1. The molecular formula is C17H32O3S. The quantitative estimate of drug-likeness (QED) is 0.360. The molecular weight excluding hydrogens is 284 g/mol. The molecule has 21 heavy (non-hydrogen) atoms. The van der Waals surface area contributed by atoms with Gasteiger partial charge in [-0.05, 0) is 44.4 Å². The third-order valence-corrected chi connectivity index (χ3v) is 3.81. The molecule has 0 N–H and O–H groups in total. The second kappa shape index (κ2) is 13.1. The summed E-state index contributed by atoms with van der Waals surface area (Å²) in [7, 11) is -3.33. The molecule has 0 aliphatic carbocycles. The van der Waals surface area contributed by atoms with Gasteiger partial charge in [0, 0.05) is 0 Å². The Morgan fingerprint density at radius 2 is 1.29 bits per heavy atom. The van der Waals surface area contributed by atoms with Gasteiger partial charge >= 0.3 is 0 Å². The summed E-state index contributed by atoms with van der Waals surface area (Å²) in [5.74, 6) is 0.303. The van der Waals surface area contributed by atoms with Crippen molar-refractivity contribution in [3.8, 4) is 0 Å². The predicted octanol–water partition coefficient (Wildman–Crippen LogP) is 4.85. The van der Waals surface area contributed by atoms with Gasteiger partial charge in [-0.2, -0.15) is 8.42 Å². The molecule has 0 fully saturated rings. The van der Waals surface area contributed by atoms with E-state index in [9.17, 15) is 8.42 Å². The lowest BCUT2D eigenvalue weighted by Gasteiger charge is -2.14. The number of allylic oxidation sites excluding steroid dienone is 4. The van der Waals surface area contributed by atoms with Crippen LogP contribution < -0.4 is 0 Å². The predicted molar refractivity (Wildman–Crippen MR) is 90.8 cm³/mol. The van der Waals surface area contributed by atoms with Crippen molar-refractivity contribution >= 4 is 10.1 Å². The molecule has 0 amide bonds. The molecule has 4 heteroatoms.